The summed E-state index contributed by atoms with van der Waals surface area (Å²) in [6.45, 7) is 5.29. The number of ether oxygens (including phenoxy) is 1. The minimum Gasteiger partial charge on any atom is -0.481 e. The number of aromatic nitrogens is 8. The SMILES string of the molecule is COc1cccc(-c2nnc(CS(=O)(=O)[C@@H](C)[C@H](C)c3ncc(Cl)cn3)n2[C@@H](C)c2csnn2)n1. The maximum atomic E-state index is 13.5. The molecule has 0 aliphatic carbocycles. The average molecular weight is 535 g/mol. The van der Waals surface area contributed by atoms with Crippen molar-refractivity contribution < 1.29 is 13.2 Å². The Morgan fingerprint density at radius 2 is 1.86 bits per heavy atom. The number of hydrogen-bond acceptors (Lipinski definition) is 11. The van der Waals surface area contributed by atoms with E-state index in [0.29, 0.717) is 33.9 Å². The minimum atomic E-state index is -3.69. The molecule has 35 heavy (non-hydrogen) atoms. The maximum Gasteiger partial charge on any atom is 0.213 e. The molecular formula is C21H23ClN8O3S2. The Morgan fingerprint density at radius 3 is 2.51 bits per heavy atom. The van der Waals surface area contributed by atoms with Crippen LogP contribution in [-0.4, -0.2) is 60.1 Å². The molecule has 184 valence electrons. The fourth-order valence-electron chi connectivity index (χ4n) is 3.53. The second-order valence-corrected chi connectivity index (χ2v) is 11.3. The standard InChI is InChI=1S/C21H23ClN8O3S2/c1-12(20-23-8-15(22)9-24-20)14(3)35(31,32)11-18-27-28-21(16-6-5-7-19(25-16)33-4)30(18)13(2)17-10-34-29-26-17/h5-10,12-14H,11H2,1-4H3/t12-,13-,14-/m0/s1. The van der Waals surface area contributed by atoms with Crippen molar-refractivity contribution in [1.82, 2.24) is 39.3 Å². The number of rotatable bonds is 9. The van der Waals surface area contributed by atoms with Crippen molar-refractivity contribution in [2.45, 2.75) is 43.7 Å². The highest BCUT2D eigenvalue weighted by molar-refractivity contribution is 7.91. The normalized spacial score (nSPS) is 14.4. The molecule has 0 saturated heterocycles. The zero-order chi connectivity index (χ0) is 25.2. The third kappa shape index (κ3) is 5.31. The largest absolute Gasteiger partial charge is 0.481 e. The molecule has 11 nitrogen and oxygen atoms in total. The van der Waals surface area contributed by atoms with Crippen LogP contribution in [0.5, 0.6) is 5.88 Å². The molecule has 0 unspecified atom stereocenters. The fraction of sp³-hybridized carbons (Fsp3) is 0.381. The van der Waals surface area contributed by atoms with Gasteiger partial charge in [-0.3, -0.25) is 4.57 Å². The third-order valence-electron chi connectivity index (χ3n) is 5.77. The molecule has 0 radical (unpaired) electrons. The van der Waals surface area contributed by atoms with Gasteiger partial charge in [0.1, 0.15) is 23.1 Å². The van der Waals surface area contributed by atoms with Gasteiger partial charge in [0, 0.05) is 29.8 Å². The van der Waals surface area contributed by atoms with E-state index >= 15 is 0 Å². The molecule has 0 aromatic carbocycles. The highest BCUT2D eigenvalue weighted by Gasteiger charge is 2.33. The molecule has 0 aliphatic rings. The van der Waals surface area contributed by atoms with Crippen molar-refractivity contribution >= 4 is 33.0 Å². The topological polar surface area (TPSA) is 139 Å². The van der Waals surface area contributed by atoms with Crippen molar-refractivity contribution in [3.8, 4) is 17.4 Å². The predicted molar refractivity (Wildman–Crippen MR) is 131 cm³/mol. The Labute approximate surface area is 211 Å². The summed E-state index contributed by atoms with van der Waals surface area (Å²) in [6, 6.07) is 4.87. The zero-order valence-corrected chi connectivity index (χ0v) is 21.8. The number of hydrogen-bond donors (Lipinski definition) is 0. The van der Waals surface area contributed by atoms with E-state index in [9.17, 15) is 8.42 Å². The molecule has 0 spiro atoms. The Balaban J connectivity index is 1.72. The molecular weight excluding hydrogens is 512 g/mol. The first-order chi connectivity index (χ1) is 16.7. The van der Waals surface area contributed by atoms with Crippen molar-refractivity contribution in [3.05, 3.63) is 58.3 Å². The molecule has 4 rings (SSSR count). The van der Waals surface area contributed by atoms with E-state index in [1.54, 1.807) is 42.0 Å². The quantitative estimate of drug-likeness (QED) is 0.314. The summed E-state index contributed by atoms with van der Waals surface area (Å²) in [5.41, 5.74) is 1.15. The molecule has 3 atom stereocenters. The van der Waals surface area contributed by atoms with E-state index in [-0.39, 0.29) is 17.6 Å². The molecule has 0 fully saturated rings. The second-order valence-electron chi connectivity index (χ2n) is 7.94. The van der Waals surface area contributed by atoms with E-state index in [1.807, 2.05) is 6.92 Å². The fourth-order valence-corrected chi connectivity index (χ4v) is 5.73. The molecule has 0 saturated carbocycles. The van der Waals surface area contributed by atoms with Crippen molar-refractivity contribution in [2.75, 3.05) is 7.11 Å². The highest BCUT2D eigenvalue weighted by Crippen LogP contribution is 2.29. The van der Waals surface area contributed by atoms with Gasteiger partial charge in [-0.1, -0.05) is 29.1 Å². The number of sulfone groups is 1. The van der Waals surface area contributed by atoms with Gasteiger partial charge >= 0.3 is 0 Å². The third-order valence-corrected chi connectivity index (χ3v) is 8.69. The van der Waals surface area contributed by atoms with Gasteiger partial charge < -0.3 is 4.74 Å². The smallest absolute Gasteiger partial charge is 0.213 e. The zero-order valence-electron chi connectivity index (χ0n) is 19.4. The van der Waals surface area contributed by atoms with Crippen LogP contribution in [0.4, 0.5) is 0 Å². The predicted octanol–water partition coefficient (Wildman–Crippen LogP) is 3.36. The summed E-state index contributed by atoms with van der Waals surface area (Å²) in [5, 5.41) is 14.1. The van der Waals surface area contributed by atoms with Crippen LogP contribution in [0.2, 0.25) is 5.02 Å². The Kier molecular flexibility index (Phi) is 7.38. The van der Waals surface area contributed by atoms with E-state index in [1.165, 1.54) is 31.0 Å². The summed E-state index contributed by atoms with van der Waals surface area (Å²) in [4.78, 5) is 12.8. The van der Waals surface area contributed by atoms with Crippen LogP contribution in [0.1, 0.15) is 50.1 Å². The van der Waals surface area contributed by atoms with E-state index in [0.717, 1.165) is 0 Å². The minimum absolute atomic E-state index is 0.265. The maximum absolute atomic E-state index is 13.5. The van der Waals surface area contributed by atoms with Gasteiger partial charge in [-0.2, -0.15) is 0 Å². The van der Waals surface area contributed by atoms with Gasteiger partial charge in [-0.15, -0.1) is 15.3 Å². The summed E-state index contributed by atoms with van der Waals surface area (Å²) >= 11 is 7.08. The first kappa shape index (κ1) is 25.1. The summed E-state index contributed by atoms with van der Waals surface area (Å²) in [7, 11) is -2.17. The Bertz CT molecular complexity index is 1390. The lowest BCUT2D eigenvalue weighted by molar-refractivity contribution is 0.398. The van der Waals surface area contributed by atoms with Crippen molar-refractivity contribution in [2.24, 2.45) is 0 Å². The number of pyridine rings is 1. The average Bonchev–Trinajstić information content (AvgIpc) is 3.53. The monoisotopic (exact) mass is 534 g/mol. The van der Waals surface area contributed by atoms with E-state index in [4.69, 9.17) is 16.3 Å². The van der Waals surface area contributed by atoms with Gasteiger partial charge in [0.2, 0.25) is 5.88 Å². The summed E-state index contributed by atoms with van der Waals surface area (Å²) < 4.78 is 37.8. The first-order valence-electron chi connectivity index (χ1n) is 10.6. The second kappa shape index (κ2) is 10.3. The lowest BCUT2D eigenvalue weighted by Crippen LogP contribution is -2.28. The molecule has 0 N–H and O–H groups in total. The van der Waals surface area contributed by atoms with Gasteiger partial charge in [-0.25, -0.2) is 23.4 Å². The molecule has 0 bridgehead atoms. The van der Waals surface area contributed by atoms with Gasteiger partial charge in [0.25, 0.3) is 0 Å². The van der Waals surface area contributed by atoms with Crippen LogP contribution in [0, 0.1) is 0 Å². The summed E-state index contributed by atoms with van der Waals surface area (Å²) in [5.74, 6) is 0.658. The van der Waals surface area contributed by atoms with Crippen LogP contribution in [0.3, 0.4) is 0 Å². The Morgan fingerprint density at radius 1 is 1.11 bits per heavy atom. The van der Waals surface area contributed by atoms with Crippen LogP contribution >= 0.6 is 23.1 Å². The molecule has 4 aromatic heterocycles. The summed E-state index contributed by atoms with van der Waals surface area (Å²) in [6.07, 6.45) is 2.90. The Hall–Kier alpha value is -3.03. The van der Waals surface area contributed by atoms with E-state index in [2.05, 4.69) is 34.7 Å². The lowest BCUT2D eigenvalue weighted by atomic mass is 10.1. The van der Waals surface area contributed by atoms with Crippen molar-refractivity contribution in [1.29, 1.82) is 0 Å². The van der Waals surface area contributed by atoms with Crippen LogP contribution in [0.25, 0.3) is 11.5 Å². The van der Waals surface area contributed by atoms with Crippen molar-refractivity contribution in [3.63, 3.8) is 0 Å². The van der Waals surface area contributed by atoms with Gasteiger partial charge in [0.15, 0.2) is 15.7 Å². The van der Waals surface area contributed by atoms with Gasteiger partial charge in [0.05, 0.1) is 29.1 Å². The lowest BCUT2D eigenvalue weighted by Gasteiger charge is -2.20. The molecule has 4 heterocycles. The number of halogens is 1. The van der Waals surface area contributed by atoms with E-state index < -0.39 is 21.0 Å². The molecule has 4 aromatic rings. The molecule has 14 heteroatoms. The molecule has 0 aliphatic heterocycles. The highest BCUT2D eigenvalue weighted by atomic mass is 35.5. The first-order valence-corrected chi connectivity index (χ1v) is 13.6. The van der Waals surface area contributed by atoms with Gasteiger partial charge in [-0.05, 0) is 31.4 Å². The number of methoxy groups -OCH3 is 1. The van der Waals surface area contributed by atoms with Crippen LogP contribution < -0.4 is 4.74 Å². The van der Waals surface area contributed by atoms with Crippen LogP contribution in [-0.2, 0) is 15.6 Å². The van der Waals surface area contributed by atoms with Crippen LogP contribution in [0.15, 0.2) is 36.0 Å². The number of nitrogens with zero attached hydrogens (tertiary/aromatic N) is 8. The molecule has 0 amide bonds.